The lowest BCUT2D eigenvalue weighted by molar-refractivity contribution is 0.283. The van der Waals surface area contributed by atoms with Gasteiger partial charge in [-0.3, -0.25) is 0 Å². The summed E-state index contributed by atoms with van der Waals surface area (Å²) in [4.78, 5) is 11.5. The van der Waals surface area contributed by atoms with Gasteiger partial charge in [0.05, 0.1) is 12.2 Å². The molecule has 2 aromatic heterocycles. The van der Waals surface area contributed by atoms with Crippen LogP contribution in [0.1, 0.15) is 18.4 Å². The highest BCUT2D eigenvalue weighted by molar-refractivity contribution is 7.13. The summed E-state index contributed by atoms with van der Waals surface area (Å²) < 4.78 is 6.26. The van der Waals surface area contributed by atoms with Crippen molar-refractivity contribution in [2.45, 2.75) is 25.5 Å². The topological polar surface area (TPSA) is 74.4 Å². The first-order valence-electron chi connectivity index (χ1n) is 8.74. The van der Waals surface area contributed by atoms with Gasteiger partial charge in [0.2, 0.25) is 0 Å². The molecule has 0 amide bonds. The van der Waals surface area contributed by atoms with Crippen LogP contribution < -0.4 is 10.2 Å². The first-order valence-corrected chi connectivity index (χ1v) is 9.62. The Labute approximate surface area is 149 Å². The third-order valence-corrected chi connectivity index (χ3v) is 6.12. The minimum Gasteiger partial charge on any atom is -0.423 e. The van der Waals surface area contributed by atoms with Crippen LogP contribution in [0.3, 0.4) is 0 Å². The molecule has 3 aromatic rings. The van der Waals surface area contributed by atoms with E-state index in [-0.39, 0.29) is 6.61 Å². The van der Waals surface area contributed by atoms with Crippen molar-refractivity contribution in [2.75, 3.05) is 24.5 Å². The van der Waals surface area contributed by atoms with E-state index in [1.54, 1.807) is 17.5 Å². The fourth-order valence-electron chi connectivity index (χ4n) is 3.99. The van der Waals surface area contributed by atoms with E-state index in [1.165, 1.54) is 12.8 Å². The minimum atomic E-state index is -0.0474. The Morgan fingerprint density at radius 2 is 2.28 bits per heavy atom. The number of piperidine rings is 1. The van der Waals surface area contributed by atoms with Crippen LogP contribution in [0.2, 0.25) is 0 Å². The van der Waals surface area contributed by atoms with Gasteiger partial charge in [0.1, 0.15) is 10.5 Å². The normalized spacial score (nSPS) is 23.3. The molecule has 25 heavy (non-hydrogen) atoms. The molecule has 6 nitrogen and oxygen atoms in total. The number of hydrogen-bond donors (Lipinski definition) is 2. The molecular weight excluding hydrogens is 336 g/mol. The number of aliphatic hydroxyl groups is 1. The van der Waals surface area contributed by atoms with Crippen LogP contribution >= 0.6 is 11.3 Å². The summed E-state index contributed by atoms with van der Waals surface area (Å²) in [6.07, 6.45) is 4.23. The zero-order valence-electron chi connectivity index (χ0n) is 13.8. The molecule has 1 aromatic carbocycles. The zero-order valence-corrected chi connectivity index (χ0v) is 14.6. The molecule has 130 valence electrons. The number of aliphatic hydroxyl groups excluding tert-OH is 1. The fraction of sp³-hybridized carbons (Fsp3) is 0.444. The Morgan fingerprint density at radius 1 is 1.32 bits per heavy atom. The maximum absolute atomic E-state index is 9.71. The molecular formula is C18H20N4O2S. The van der Waals surface area contributed by atoms with Crippen LogP contribution in [0.25, 0.3) is 21.7 Å². The predicted molar refractivity (Wildman–Crippen MR) is 97.8 cm³/mol. The molecule has 0 saturated carbocycles. The molecule has 3 fully saturated rings. The van der Waals surface area contributed by atoms with Gasteiger partial charge in [0.25, 0.3) is 6.01 Å². The number of nitrogens with zero attached hydrogens (tertiary/aromatic N) is 3. The molecule has 7 heteroatoms. The van der Waals surface area contributed by atoms with Crippen molar-refractivity contribution in [2.24, 2.45) is 5.92 Å². The number of aromatic nitrogens is 2. The quantitative estimate of drug-likeness (QED) is 0.751. The van der Waals surface area contributed by atoms with Crippen molar-refractivity contribution in [3.63, 3.8) is 0 Å². The predicted octanol–water partition coefficient (Wildman–Crippen LogP) is 2.63. The monoisotopic (exact) mass is 356 g/mol. The SMILES string of the molecule is OCc1ccc(-c2nccs2)c2oc(N3CC4CCC3CNC4)nc12. The van der Waals surface area contributed by atoms with Crippen LogP contribution in [0.4, 0.5) is 6.01 Å². The summed E-state index contributed by atoms with van der Waals surface area (Å²) in [7, 11) is 0. The Hall–Kier alpha value is -1.96. The smallest absolute Gasteiger partial charge is 0.298 e. The highest BCUT2D eigenvalue weighted by Gasteiger charge is 2.34. The fourth-order valence-corrected chi connectivity index (χ4v) is 4.65. The Bertz CT molecular complexity index is 888. The van der Waals surface area contributed by atoms with Crippen molar-refractivity contribution in [1.29, 1.82) is 0 Å². The third-order valence-electron chi connectivity index (χ3n) is 5.31. The van der Waals surface area contributed by atoms with Gasteiger partial charge < -0.3 is 19.7 Å². The number of rotatable bonds is 3. The van der Waals surface area contributed by atoms with E-state index in [1.807, 2.05) is 17.5 Å². The Kier molecular flexibility index (Phi) is 3.73. The average molecular weight is 356 g/mol. The summed E-state index contributed by atoms with van der Waals surface area (Å²) in [5, 5.41) is 16.1. The summed E-state index contributed by atoms with van der Waals surface area (Å²) >= 11 is 1.58. The molecule has 0 spiro atoms. The van der Waals surface area contributed by atoms with Gasteiger partial charge >= 0.3 is 0 Å². The van der Waals surface area contributed by atoms with Crippen LogP contribution in [-0.4, -0.2) is 40.8 Å². The van der Waals surface area contributed by atoms with E-state index in [4.69, 9.17) is 9.40 Å². The molecule has 6 rings (SSSR count). The average Bonchev–Trinajstić information content (AvgIpc) is 3.23. The van der Waals surface area contributed by atoms with Gasteiger partial charge in [-0.15, -0.1) is 11.3 Å². The largest absolute Gasteiger partial charge is 0.423 e. The van der Waals surface area contributed by atoms with Crippen molar-refractivity contribution >= 4 is 28.5 Å². The standard InChI is InChI=1S/C18H20N4O2S/c23-10-12-2-4-14(17-20-5-6-25-17)16-15(12)21-18(24-16)22-9-11-1-3-13(22)8-19-7-11/h2,4-6,11,13,19,23H,1,3,7-10H2. The highest BCUT2D eigenvalue weighted by atomic mass is 32.1. The van der Waals surface area contributed by atoms with Crippen molar-refractivity contribution < 1.29 is 9.52 Å². The molecule has 3 aliphatic heterocycles. The second-order valence-electron chi connectivity index (χ2n) is 6.85. The van der Waals surface area contributed by atoms with Gasteiger partial charge in [0.15, 0.2) is 5.58 Å². The molecule has 2 atom stereocenters. The molecule has 0 aliphatic carbocycles. The molecule has 2 unspecified atom stereocenters. The summed E-state index contributed by atoms with van der Waals surface area (Å²) in [6.45, 7) is 2.97. The van der Waals surface area contributed by atoms with Crippen molar-refractivity contribution in [3.8, 4) is 10.6 Å². The number of anilines is 1. The summed E-state index contributed by atoms with van der Waals surface area (Å²) in [6, 6.07) is 4.99. The third kappa shape index (κ3) is 2.54. The van der Waals surface area contributed by atoms with E-state index in [0.29, 0.717) is 18.0 Å². The number of oxazole rings is 1. The lowest BCUT2D eigenvalue weighted by Gasteiger charge is -2.34. The maximum atomic E-state index is 9.71. The lowest BCUT2D eigenvalue weighted by atomic mass is 9.95. The number of benzene rings is 1. The number of hydrogen-bond acceptors (Lipinski definition) is 7. The van der Waals surface area contributed by atoms with E-state index < -0.39 is 0 Å². The van der Waals surface area contributed by atoms with E-state index in [0.717, 1.165) is 46.9 Å². The van der Waals surface area contributed by atoms with Crippen molar-refractivity contribution in [3.05, 3.63) is 29.3 Å². The van der Waals surface area contributed by atoms with Crippen LogP contribution in [0.15, 0.2) is 28.1 Å². The lowest BCUT2D eigenvalue weighted by Crippen LogP contribution is -2.43. The van der Waals surface area contributed by atoms with Crippen LogP contribution in [0.5, 0.6) is 0 Å². The van der Waals surface area contributed by atoms with E-state index in [9.17, 15) is 5.11 Å². The molecule has 2 bridgehead atoms. The first kappa shape index (κ1) is 15.3. The van der Waals surface area contributed by atoms with Gasteiger partial charge in [-0.25, -0.2) is 4.98 Å². The molecule has 0 radical (unpaired) electrons. The van der Waals surface area contributed by atoms with Gasteiger partial charge in [-0.1, -0.05) is 6.07 Å². The zero-order chi connectivity index (χ0) is 16.8. The second kappa shape index (κ2) is 6.09. The van der Waals surface area contributed by atoms with Crippen LogP contribution in [0, 0.1) is 5.92 Å². The number of fused-ring (bicyclic) bond motifs is 5. The number of thiazole rings is 1. The van der Waals surface area contributed by atoms with E-state index >= 15 is 0 Å². The minimum absolute atomic E-state index is 0.0474. The van der Waals surface area contributed by atoms with Gasteiger partial charge in [-0.05, 0) is 31.4 Å². The molecule has 5 heterocycles. The summed E-state index contributed by atoms with van der Waals surface area (Å²) in [5.74, 6) is 0.643. The van der Waals surface area contributed by atoms with Gasteiger partial charge in [0, 0.05) is 36.3 Å². The first-order chi connectivity index (χ1) is 12.3. The van der Waals surface area contributed by atoms with Crippen molar-refractivity contribution in [1.82, 2.24) is 15.3 Å². The molecule has 3 saturated heterocycles. The molecule has 3 aliphatic rings. The van der Waals surface area contributed by atoms with Gasteiger partial charge in [-0.2, -0.15) is 4.98 Å². The maximum Gasteiger partial charge on any atom is 0.298 e. The Morgan fingerprint density at radius 3 is 3.12 bits per heavy atom. The number of nitrogens with one attached hydrogen (secondary N) is 1. The van der Waals surface area contributed by atoms with E-state index in [2.05, 4.69) is 15.2 Å². The molecule has 2 N–H and O–H groups in total. The Balaban J connectivity index is 1.64. The highest BCUT2D eigenvalue weighted by Crippen LogP contribution is 2.37. The van der Waals surface area contributed by atoms with Crippen LogP contribution in [-0.2, 0) is 6.61 Å². The summed E-state index contributed by atoms with van der Waals surface area (Å²) in [5.41, 5.74) is 3.21. The second-order valence-corrected chi connectivity index (χ2v) is 7.74.